The molecular formula is C19H17F3N2O2. The van der Waals surface area contributed by atoms with E-state index in [0.29, 0.717) is 16.7 Å². The van der Waals surface area contributed by atoms with Gasteiger partial charge in [0.05, 0.1) is 5.56 Å². The van der Waals surface area contributed by atoms with E-state index in [0.717, 1.165) is 12.1 Å². The zero-order valence-electron chi connectivity index (χ0n) is 14.0. The van der Waals surface area contributed by atoms with Gasteiger partial charge in [0, 0.05) is 11.1 Å². The van der Waals surface area contributed by atoms with Crippen molar-refractivity contribution in [2.45, 2.75) is 19.5 Å². The van der Waals surface area contributed by atoms with Gasteiger partial charge in [-0.05, 0) is 42.7 Å². The van der Waals surface area contributed by atoms with E-state index in [-0.39, 0.29) is 12.0 Å². The van der Waals surface area contributed by atoms with Crippen LogP contribution >= 0.6 is 0 Å². The molecule has 2 aromatic carbocycles. The molecule has 26 heavy (non-hydrogen) atoms. The molecule has 2 N–H and O–H groups in total. The summed E-state index contributed by atoms with van der Waals surface area (Å²) < 4.78 is 37.9. The quantitative estimate of drug-likeness (QED) is 0.645. The molecule has 0 heterocycles. The summed E-state index contributed by atoms with van der Waals surface area (Å²) in [5.74, 6) is -1.04. The van der Waals surface area contributed by atoms with Crippen LogP contribution in [0.4, 0.5) is 13.2 Å². The molecule has 0 saturated carbocycles. The molecule has 4 nitrogen and oxygen atoms in total. The topological polar surface area (TPSA) is 58.2 Å². The molecule has 2 rings (SSSR count). The maximum Gasteiger partial charge on any atom is 0.416 e. The fourth-order valence-electron chi connectivity index (χ4n) is 2.22. The fraction of sp³-hybridized carbons (Fsp3) is 0.158. The van der Waals surface area contributed by atoms with E-state index >= 15 is 0 Å². The van der Waals surface area contributed by atoms with Crippen LogP contribution in [0.2, 0.25) is 0 Å². The van der Waals surface area contributed by atoms with Crippen molar-refractivity contribution in [3.05, 3.63) is 82.9 Å². The molecule has 0 aliphatic rings. The van der Waals surface area contributed by atoms with Crippen molar-refractivity contribution in [2.75, 3.05) is 0 Å². The molecule has 2 aromatic rings. The summed E-state index contributed by atoms with van der Waals surface area (Å²) in [6.45, 7) is 4.96. The van der Waals surface area contributed by atoms with Crippen LogP contribution in [0.1, 0.15) is 34.0 Å². The van der Waals surface area contributed by atoms with E-state index in [1.165, 1.54) is 19.1 Å². The van der Waals surface area contributed by atoms with E-state index in [9.17, 15) is 22.8 Å². The summed E-state index contributed by atoms with van der Waals surface area (Å²) in [6.07, 6.45) is -4.12. The minimum Gasteiger partial charge on any atom is -0.268 e. The average molecular weight is 362 g/mol. The second kappa shape index (κ2) is 7.86. The van der Waals surface area contributed by atoms with Gasteiger partial charge in [-0.15, -0.1) is 0 Å². The summed E-state index contributed by atoms with van der Waals surface area (Å²) in [5.41, 5.74) is 5.59. The molecule has 0 fully saturated rings. The zero-order chi connectivity index (χ0) is 19.3. The number of halogens is 3. The van der Waals surface area contributed by atoms with E-state index in [4.69, 9.17) is 0 Å². The third-order valence-electron chi connectivity index (χ3n) is 3.62. The van der Waals surface area contributed by atoms with Crippen molar-refractivity contribution in [1.82, 2.24) is 10.9 Å². The fourth-order valence-corrected chi connectivity index (χ4v) is 2.22. The van der Waals surface area contributed by atoms with Crippen LogP contribution in [0.25, 0.3) is 0 Å². The van der Waals surface area contributed by atoms with Crippen molar-refractivity contribution >= 4 is 11.8 Å². The second-order valence-electron chi connectivity index (χ2n) is 5.72. The van der Waals surface area contributed by atoms with Crippen molar-refractivity contribution in [3.63, 3.8) is 0 Å². The molecule has 136 valence electrons. The van der Waals surface area contributed by atoms with Crippen LogP contribution in [0.15, 0.2) is 60.7 Å². The Balaban J connectivity index is 2.15. The number of carbonyl (C=O) groups excluding carboxylic acids is 2. The summed E-state index contributed by atoms with van der Waals surface area (Å²) in [6, 6.07) is 11.4. The Bertz CT molecular complexity index is 827. The summed E-state index contributed by atoms with van der Waals surface area (Å²) in [7, 11) is 0. The molecular weight excluding hydrogens is 345 g/mol. The minimum absolute atomic E-state index is 0.239. The molecule has 0 unspecified atom stereocenters. The van der Waals surface area contributed by atoms with Gasteiger partial charge in [0.15, 0.2) is 0 Å². The zero-order valence-corrected chi connectivity index (χ0v) is 14.0. The number of carbonyl (C=O) groups is 2. The Morgan fingerprint density at radius 2 is 1.62 bits per heavy atom. The number of rotatable bonds is 4. The van der Waals surface area contributed by atoms with Gasteiger partial charge in [-0.2, -0.15) is 13.2 Å². The van der Waals surface area contributed by atoms with Crippen LogP contribution in [-0.4, -0.2) is 11.8 Å². The maximum absolute atomic E-state index is 12.6. The smallest absolute Gasteiger partial charge is 0.268 e. The summed E-state index contributed by atoms with van der Waals surface area (Å²) >= 11 is 0. The van der Waals surface area contributed by atoms with Gasteiger partial charge >= 0.3 is 6.18 Å². The van der Waals surface area contributed by atoms with Crippen molar-refractivity contribution in [3.8, 4) is 0 Å². The predicted molar refractivity (Wildman–Crippen MR) is 91.1 cm³/mol. The second-order valence-corrected chi connectivity index (χ2v) is 5.72. The lowest BCUT2D eigenvalue weighted by Crippen LogP contribution is -2.42. The third-order valence-corrected chi connectivity index (χ3v) is 3.62. The van der Waals surface area contributed by atoms with Crippen LogP contribution in [0.3, 0.4) is 0 Å². The highest BCUT2D eigenvalue weighted by molar-refractivity contribution is 5.99. The molecule has 0 spiro atoms. The van der Waals surface area contributed by atoms with E-state index < -0.39 is 23.6 Å². The highest BCUT2D eigenvalue weighted by Gasteiger charge is 2.29. The Hall–Kier alpha value is -3.09. The molecule has 0 saturated heterocycles. The highest BCUT2D eigenvalue weighted by atomic mass is 19.4. The normalized spacial score (nSPS) is 10.9. The monoisotopic (exact) mass is 362 g/mol. The third kappa shape index (κ3) is 4.95. The lowest BCUT2D eigenvalue weighted by Gasteiger charge is -2.12. The van der Waals surface area contributed by atoms with Gasteiger partial charge in [0.25, 0.3) is 11.8 Å². The lowest BCUT2D eigenvalue weighted by atomic mass is 9.98. The average Bonchev–Trinajstić information content (AvgIpc) is 2.59. The molecule has 0 radical (unpaired) electrons. The summed E-state index contributed by atoms with van der Waals surface area (Å²) in [4.78, 5) is 23.7. The van der Waals surface area contributed by atoms with Gasteiger partial charge in [0.1, 0.15) is 0 Å². The Morgan fingerprint density at radius 1 is 1.00 bits per heavy atom. The molecule has 0 aromatic heterocycles. The predicted octanol–water partition coefficient (Wildman–Crippen LogP) is 3.63. The molecule has 2 amide bonds. The first kappa shape index (κ1) is 19.2. The Kier molecular flexibility index (Phi) is 5.82. The lowest BCUT2D eigenvalue weighted by molar-refractivity contribution is -0.137. The van der Waals surface area contributed by atoms with Gasteiger partial charge < -0.3 is 0 Å². The SMILES string of the molecule is C=C(C)C(=O)NNC(=O)c1ccccc1Cc1ccc(C(F)(F)F)cc1. The first-order valence-corrected chi connectivity index (χ1v) is 7.68. The number of amides is 2. The molecule has 0 atom stereocenters. The van der Waals surface area contributed by atoms with E-state index in [1.807, 2.05) is 0 Å². The van der Waals surface area contributed by atoms with Crippen molar-refractivity contribution in [2.24, 2.45) is 0 Å². The number of hydrogen-bond donors (Lipinski definition) is 2. The first-order valence-electron chi connectivity index (χ1n) is 7.68. The Morgan fingerprint density at radius 3 is 2.19 bits per heavy atom. The summed E-state index contributed by atoms with van der Waals surface area (Å²) in [5, 5.41) is 0. The van der Waals surface area contributed by atoms with E-state index in [2.05, 4.69) is 17.4 Å². The highest BCUT2D eigenvalue weighted by Crippen LogP contribution is 2.29. The molecule has 0 aliphatic carbocycles. The molecule has 0 aliphatic heterocycles. The van der Waals surface area contributed by atoms with Gasteiger partial charge in [-0.3, -0.25) is 20.4 Å². The minimum atomic E-state index is -4.39. The molecule has 7 heteroatoms. The number of hydrogen-bond acceptors (Lipinski definition) is 2. The number of nitrogens with one attached hydrogen (secondary N) is 2. The van der Waals surface area contributed by atoms with Gasteiger partial charge in [0.2, 0.25) is 0 Å². The van der Waals surface area contributed by atoms with Crippen molar-refractivity contribution < 1.29 is 22.8 Å². The largest absolute Gasteiger partial charge is 0.416 e. The van der Waals surface area contributed by atoms with Gasteiger partial charge in [-0.1, -0.05) is 36.9 Å². The number of hydrazine groups is 1. The number of alkyl halides is 3. The first-order chi connectivity index (χ1) is 12.2. The maximum atomic E-state index is 12.6. The number of benzene rings is 2. The molecule has 0 bridgehead atoms. The Labute approximate surface area is 148 Å². The van der Waals surface area contributed by atoms with E-state index in [1.54, 1.807) is 24.3 Å². The van der Waals surface area contributed by atoms with Crippen LogP contribution in [-0.2, 0) is 17.4 Å². The van der Waals surface area contributed by atoms with Gasteiger partial charge in [-0.25, -0.2) is 0 Å². The van der Waals surface area contributed by atoms with Crippen LogP contribution in [0.5, 0.6) is 0 Å². The van der Waals surface area contributed by atoms with Crippen molar-refractivity contribution in [1.29, 1.82) is 0 Å². The van der Waals surface area contributed by atoms with Crippen LogP contribution < -0.4 is 10.9 Å². The van der Waals surface area contributed by atoms with Crippen LogP contribution in [0, 0.1) is 0 Å². The standard InChI is InChI=1S/C19H17F3N2O2/c1-12(2)17(25)23-24-18(26)16-6-4-3-5-14(16)11-13-7-9-15(10-8-13)19(20,21)22/h3-10H,1,11H2,2H3,(H,23,25)(H,24,26).